The number of carbonyl (C=O) groups excluding carboxylic acids is 1. The van der Waals surface area contributed by atoms with E-state index in [0.717, 1.165) is 22.0 Å². The maximum atomic E-state index is 13.7. The Morgan fingerprint density at radius 2 is 1.13 bits per heavy atom. The molecular weight excluding hydrogens is 509 g/mol. The second-order valence-electron chi connectivity index (χ2n) is 8.55. The fourth-order valence-electron chi connectivity index (χ4n) is 4.61. The molecule has 1 amide bonds. The van der Waals surface area contributed by atoms with Crippen molar-refractivity contribution in [1.29, 1.82) is 0 Å². The number of amides is 1. The number of hydrogen-bond donors (Lipinski definition) is 2. The average molecular weight is 533 g/mol. The van der Waals surface area contributed by atoms with Crippen LogP contribution in [0, 0.1) is 0 Å². The third-order valence-corrected chi connectivity index (χ3v) is 6.60. The highest BCUT2D eigenvalue weighted by Crippen LogP contribution is 2.43. The van der Waals surface area contributed by atoms with Crippen LogP contribution >= 0.6 is 24.4 Å². The Bertz CT molecular complexity index is 1650. The highest BCUT2D eigenvalue weighted by Gasteiger charge is 2.28. The zero-order chi connectivity index (χ0) is 26.6. The van der Waals surface area contributed by atoms with Crippen LogP contribution in [0.15, 0.2) is 121 Å². The summed E-state index contributed by atoms with van der Waals surface area (Å²) in [5.74, 6) is -0.334. The van der Waals surface area contributed by atoms with Gasteiger partial charge in [0.15, 0.2) is 10.2 Å². The van der Waals surface area contributed by atoms with E-state index in [1.807, 2.05) is 102 Å². The molecular formula is C31H24N4OS2. The molecule has 5 rings (SSSR count). The Hall–Kier alpha value is -4.59. The normalized spacial score (nSPS) is 10.6. The van der Waals surface area contributed by atoms with Gasteiger partial charge in [-0.15, -0.1) is 0 Å². The summed E-state index contributed by atoms with van der Waals surface area (Å²) in [7, 11) is 0. The zero-order valence-electron chi connectivity index (χ0n) is 20.3. The van der Waals surface area contributed by atoms with Crippen LogP contribution in [-0.2, 0) is 0 Å². The van der Waals surface area contributed by atoms with Gasteiger partial charge in [-0.2, -0.15) is 0 Å². The number of hydrogen-bond acceptors (Lipinski definition) is 3. The third kappa shape index (κ3) is 4.72. The second-order valence-corrected chi connectivity index (χ2v) is 9.39. The van der Waals surface area contributed by atoms with Crippen molar-refractivity contribution < 1.29 is 4.79 Å². The SMILES string of the molecule is NC(=S)N(C(=O)c1ccccc1)c1cccc(N(C(N)=S)c2cccc3ccccc23)c1-c1ccccc1. The van der Waals surface area contributed by atoms with E-state index in [9.17, 15) is 4.79 Å². The lowest BCUT2D eigenvalue weighted by atomic mass is 9.98. The first kappa shape index (κ1) is 25.1. The van der Waals surface area contributed by atoms with Gasteiger partial charge >= 0.3 is 0 Å². The van der Waals surface area contributed by atoms with Crippen molar-refractivity contribution in [2.24, 2.45) is 11.5 Å². The van der Waals surface area contributed by atoms with E-state index in [2.05, 4.69) is 0 Å². The molecule has 0 aliphatic carbocycles. The number of thiocarbonyl (C=S) groups is 2. The molecule has 0 unspecified atom stereocenters. The molecule has 0 saturated carbocycles. The summed E-state index contributed by atoms with van der Waals surface area (Å²) in [4.78, 5) is 16.9. The van der Waals surface area contributed by atoms with Crippen LogP contribution in [0.1, 0.15) is 10.4 Å². The van der Waals surface area contributed by atoms with Gasteiger partial charge in [0.05, 0.1) is 17.1 Å². The van der Waals surface area contributed by atoms with Crippen molar-refractivity contribution in [1.82, 2.24) is 0 Å². The molecule has 0 radical (unpaired) electrons. The molecule has 0 atom stereocenters. The van der Waals surface area contributed by atoms with Gasteiger partial charge in [-0.25, -0.2) is 0 Å². The Balaban J connectivity index is 1.80. The molecule has 5 nitrogen and oxygen atoms in total. The standard InChI is InChI=1S/C31H24N4OS2/c32-30(37)34(25-18-9-16-21-11-7-8-17-24(21)25)26-19-10-20-27(28(26)22-12-3-1-4-13-22)35(31(33)38)29(36)23-14-5-2-6-15-23/h1-20H,(H2,32,37)(H2,33,38). The minimum absolute atomic E-state index is 0.0692. The lowest BCUT2D eigenvalue weighted by Gasteiger charge is -2.31. The summed E-state index contributed by atoms with van der Waals surface area (Å²) in [6.07, 6.45) is 0. The van der Waals surface area contributed by atoms with Crippen molar-refractivity contribution in [3.63, 3.8) is 0 Å². The number of carbonyl (C=O) groups is 1. The van der Waals surface area contributed by atoms with Crippen LogP contribution in [0.4, 0.5) is 17.1 Å². The molecule has 0 aliphatic heterocycles. The fourth-order valence-corrected chi connectivity index (χ4v) is 4.99. The molecule has 0 spiro atoms. The first-order valence-electron chi connectivity index (χ1n) is 11.9. The summed E-state index contributed by atoms with van der Waals surface area (Å²) in [6.45, 7) is 0. The van der Waals surface area contributed by atoms with Crippen molar-refractivity contribution in [3.8, 4) is 11.1 Å². The van der Waals surface area contributed by atoms with Gasteiger partial charge in [-0.1, -0.05) is 91.0 Å². The van der Waals surface area contributed by atoms with E-state index >= 15 is 0 Å². The summed E-state index contributed by atoms with van der Waals surface area (Å²) < 4.78 is 0. The summed E-state index contributed by atoms with van der Waals surface area (Å²) in [5, 5.41) is 2.12. The van der Waals surface area contributed by atoms with Crippen molar-refractivity contribution in [2.45, 2.75) is 0 Å². The molecule has 0 saturated heterocycles. The predicted octanol–water partition coefficient (Wildman–Crippen LogP) is 6.78. The molecule has 5 aromatic rings. The van der Waals surface area contributed by atoms with E-state index < -0.39 is 0 Å². The molecule has 0 aliphatic rings. The smallest absolute Gasteiger partial charge is 0.264 e. The van der Waals surface area contributed by atoms with Crippen molar-refractivity contribution in [3.05, 3.63) is 127 Å². The first-order valence-corrected chi connectivity index (χ1v) is 12.7. The first-order chi connectivity index (χ1) is 18.5. The average Bonchev–Trinajstić information content (AvgIpc) is 2.94. The molecule has 0 fully saturated rings. The van der Waals surface area contributed by atoms with Crippen LogP contribution < -0.4 is 21.3 Å². The third-order valence-electron chi connectivity index (χ3n) is 6.24. The minimum atomic E-state index is -0.334. The number of nitrogens with zero attached hydrogens (tertiary/aromatic N) is 2. The second kappa shape index (κ2) is 10.8. The Morgan fingerprint density at radius 1 is 0.579 bits per heavy atom. The molecule has 0 aromatic heterocycles. The van der Waals surface area contributed by atoms with Gasteiger partial charge in [0, 0.05) is 16.5 Å². The quantitative estimate of drug-likeness (QED) is 0.243. The lowest BCUT2D eigenvalue weighted by molar-refractivity contribution is 0.100. The Labute approximate surface area is 231 Å². The van der Waals surface area contributed by atoms with Crippen LogP contribution in [-0.4, -0.2) is 16.1 Å². The fraction of sp³-hybridized carbons (Fsp3) is 0. The Kier molecular flexibility index (Phi) is 7.13. The lowest BCUT2D eigenvalue weighted by Crippen LogP contribution is -2.41. The van der Waals surface area contributed by atoms with E-state index in [-0.39, 0.29) is 16.1 Å². The zero-order valence-corrected chi connectivity index (χ0v) is 22.0. The molecule has 38 heavy (non-hydrogen) atoms. The molecule has 5 aromatic carbocycles. The molecule has 0 bridgehead atoms. The minimum Gasteiger partial charge on any atom is -0.376 e. The topological polar surface area (TPSA) is 75.6 Å². The van der Waals surface area contributed by atoms with Gasteiger partial charge in [0.25, 0.3) is 5.91 Å². The van der Waals surface area contributed by atoms with Crippen LogP contribution in [0.3, 0.4) is 0 Å². The highest BCUT2D eigenvalue weighted by molar-refractivity contribution is 7.80. The van der Waals surface area contributed by atoms with Gasteiger partial charge < -0.3 is 11.5 Å². The van der Waals surface area contributed by atoms with E-state index in [4.69, 9.17) is 35.9 Å². The number of fused-ring (bicyclic) bond motifs is 1. The summed E-state index contributed by atoms with van der Waals surface area (Å²) in [5.41, 5.74) is 16.7. The van der Waals surface area contributed by atoms with Gasteiger partial charge in [0.1, 0.15) is 0 Å². The van der Waals surface area contributed by atoms with Crippen molar-refractivity contribution >= 4 is 68.4 Å². The molecule has 4 N–H and O–H groups in total. The van der Waals surface area contributed by atoms with Gasteiger partial charge in [0.2, 0.25) is 0 Å². The molecule has 186 valence electrons. The van der Waals surface area contributed by atoms with Crippen molar-refractivity contribution in [2.75, 3.05) is 9.80 Å². The highest BCUT2D eigenvalue weighted by atomic mass is 32.1. The van der Waals surface area contributed by atoms with Crippen LogP contribution in [0.2, 0.25) is 0 Å². The summed E-state index contributed by atoms with van der Waals surface area (Å²) in [6, 6.07) is 38.3. The number of rotatable bonds is 5. The van der Waals surface area contributed by atoms with E-state index in [1.54, 1.807) is 24.3 Å². The maximum absolute atomic E-state index is 13.7. The molecule has 7 heteroatoms. The predicted molar refractivity (Wildman–Crippen MR) is 165 cm³/mol. The number of benzene rings is 5. The van der Waals surface area contributed by atoms with E-state index in [0.29, 0.717) is 22.5 Å². The number of nitrogens with two attached hydrogens (primary N) is 2. The largest absolute Gasteiger partial charge is 0.376 e. The monoisotopic (exact) mass is 532 g/mol. The molecule has 0 heterocycles. The van der Waals surface area contributed by atoms with E-state index in [1.165, 1.54) is 4.90 Å². The number of anilines is 3. The van der Waals surface area contributed by atoms with Gasteiger partial charge in [-0.05, 0) is 65.7 Å². The van der Waals surface area contributed by atoms with Gasteiger partial charge in [-0.3, -0.25) is 14.6 Å². The Morgan fingerprint density at radius 3 is 1.82 bits per heavy atom. The van der Waals surface area contributed by atoms with Crippen LogP contribution in [0.5, 0.6) is 0 Å². The maximum Gasteiger partial charge on any atom is 0.264 e. The van der Waals surface area contributed by atoms with Crippen LogP contribution in [0.25, 0.3) is 21.9 Å². The summed E-state index contributed by atoms with van der Waals surface area (Å²) >= 11 is 11.0.